The first-order chi connectivity index (χ1) is 13.5. The van der Waals surface area contributed by atoms with Crippen molar-refractivity contribution in [1.29, 1.82) is 5.26 Å². The number of nitrogens with one attached hydrogen (secondary N) is 1. The van der Waals surface area contributed by atoms with Crippen LogP contribution in [0.1, 0.15) is 27.9 Å². The van der Waals surface area contributed by atoms with Crippen LogP contribution in [0.4, 0.5) is 5.69 Å². The Morgan fingerprint density at radius 1 is 1.32 bits per heavy atom. The average Bonchev–Trinajstić information content (AvgIpc) is 3.13. The third kappa shape index (κ3) is 3.35. The fraction of sp³-hybridized carbons (Fsp3) is 0.143. The van der Waals surface area contributed by atoms with Gasteiger partial charge in [0.05, 0.1) is 6.20 Å². The molecule has 0 fully saturated rings. The van der Waals surface area contributed by atoms with Crippen molar-refractivity contribution in [2.75, 3.05) is 5.32 Å². The third-order valence-electron chi connectivity index (χ3n) is 4.69. The topological polar surface area (TPSA) is 110 Å². The van der Waals surface area contributed by atoms with Crippen LogP contribution < -0.4 is 11.1 Å². The van der Waals surface area contributed by atoms with Crippen LogP contribution in [0.2, 0.25) is 0 Å². The highest BCUT2D eigenvalue weighted by Crippen LogP contribution is 2.35. The number of nitriles is 1. The van der Waals surface area contributed by atoms with Crippen molar-refractivity contribution in [2.24, 2.45) is 12.8 Å². The van der Waals surface area contributed by atoms with E-state index in [9.17, 15) is 4.79 Å². The standard InChI is InChI=1S/C21H18N6O/c1-27-12-15(11-25-27)18-9-20(21(23)28)26-19-8-13(2-3-17(18)19)6-14-4-5-24-16(7-14)10-22/h2-5,7-9,11-12,20,26H,6H2,1H3,(H2,23,28). The van der Waals surface area contributed by atoms with Crippen molar-refractivity contribution < 1.29 is 4.79 Å². The minimum atomic E-state index is -0.593. The summed E-state index contributed by atoms with van der Waals surface area (Å²) < 4.78 is 1.72. The number of anilines is 1. The lowest BCUT2D eigenvalue weighted by molar-refractivity contribution is -0.117. The molecule has 4 rings (SSSR count). The van der Waals surface area contributed by atoms with Crippen LogP contribution >= 0.6 is 0 Å². The van der Waals surface area contributed by atoms with Crippen molar-refractivity contribution in [2.45, 2.75) is 12.5 Å². The Labute approximate surface area is 162 Å². The van der Waals surface area contributed by atoms with E-state index >= 15 is 0 Å². The summed E-state index contributed by atoms with van der Waals surface area (Å²) in [6.07, 6.45) is 7.81. The zero-order valence-corrected chi connectivity index (χ0v) is 15.3. The number of rotatable bonds is 4. The highest BCUT2D eigenvalue weighted by atomic mass is 16.1. The average molecular weight is 370 g/mol. The number of aryl methyl sites for hydroxylation is 1. The van der Waals surface area contributed by atoms with Gasteiger partial charge < -0.3 is 11.1 Å². The molecule has 1 amide bonds. The number of aromatic nitrogens is 3. The minimum Gasteiger partial charge on any atom is -0.370 e. The Kier molecular flexibility index (Phi) is 4.38. The van der Waals surface area contributed by atoms with Crippen LogP contribution in [0.5, 0.6) is 0 Å². The van der Waals surface area contributed by atoms with E-state index < -0.39 is 11.9 Å². The number of carbonyl (C=O) groups is 1. The molecule has 1 atom stereocenters. The van der Waals surface area contributed by atoms with Crippen molar-refractivity contribution in [3.8, 4) is 6.07 Å². The molecule has 0 saturated heterocycles. The molecule has 0 radical (unpaired) electrons. The first kappa shape index (κ1) is 17.5. The van der Waals surface area contributed by atoms with Crippen LogP contribution in [0, 0.1) is 11.3 Å². The van der Waals surface area contributed by atoms with E-state index in [-0.39, 0.29) is 0 Å². The maximum atomic E-state index is 11.8. The van der Waals surface area contributed by atoms with Gasteiger partial charge in [0, 0.05) is 36.3 Å². The first-order valence-electron chi connectivity index (χ1n) is 8.78. The van der Waals surface area contributed by atoms with Gasteiger partial charge in [-0.15, -0.1) is 0 Å². The second-order valence-electron chi connectivity index (χ2n) is 6.73. The molecule has 7 heteroatoms. The van der Waals surface area contributed by atoms with Crippen LogP contribution in [0.15, 0.2) is 55.0 Å². The second-order valence-corrected chi connectivity index (χ2v) is 6.73. The van der Waals surface area contributed by atoms with Gasteiger partial charge in [-0.3, -0.25) is 9.48 Å². The summed E-state index contributed by atoms with van der Waals surface area (Å²) in [5.41, 5.74) is 11.7. The van der Waals surface area contributed by atoms with Crippen LogP contribution in [-0.4, -0.2) is 26.7 Å². The Balaban J connectivity index is 1.71. The molecule has 138 valence electrons. The molecule has 3 heterocycles. The lowest BCUT2D eigenvalue weighted by Crippen LogP contribution is -2.36. The predicted octanol–water partition coefficient (Wildman–Crippen LogP) is 1.99. The van der Waals surface area contributed by atoms with Gasteiger partial charge in [0.25, 0.3) is 0 Å². The molecule has 0 aliphatic carbocycles. The minimum absolute atomic E-state index is 0.393. The molecule has 0 spiro atoms. The molecule has 28 heavy (non-hydrogen) atoms. The Morgan fingerprint density at radius 2 is 2.14 bits per heavy atom. The molecular weight excluding hydrogens is 352 g/mol. The fourth-order valence-corrected chi connectivity index (χ4v) is 3.37. The summed E-state index contributed by atoms with van der Waals surface area (Å²) in [6.45, 7) is 0. The van der Waals surface area contributed by atoms with E-state index in [1.807, 2.05) is 43.6 Å². The second kappa shape index (κ2) is 7.00. The molecule has 3 N–H and O–H groups in total. The van der Waals surface area contributed by atoms with Gasteiger partial charge in [-0.25, -0.2) is 4.98 Å². The van der Waals surface area contributed by atoms with Gasteiger partial charge in [-0.05, 0) is 47.4 Å². The summed E-state index contributed by atoms with van der Waals surface area (Å²) in [7, 11) is 1.85. The summed E-state index contributed by atoms with van der Waals surface area (Å²) in [5.74, 6) is -0.440. The van der Waals surface area contributed by atoms with Gasteiger partial charge in [0.15, 0.2) is 0 Å². The molecule has 0 bridgehead atoms. The number of nitrogens with zero attached hydrogens (tertiary/aromatic N) is 4. The van der Waals surface area contributed by atoms with Gasteiger partial charge in [-0.1, -0.05) is 12.1 Å². The van der Waals surface area contributed by atoms with Crippen molar-refractivity contribution in [1.82, 2.24) is 14.8 Å². The van der Waals surface area contributed by atoms with Crippen LogP contribution in [0.25, 0.3) is 5.57 Å². The molecule has 3 aromatic rings. The summed E-state index contributed by atoms with van der Waals surface area (Å²) in [4.78, 5) is 15.9. The Bertz CT molecular complexity index is 1140. The van der Waals surface area contributed by atoms with Gasteiger partial charge in [-0.2, -0.15) is 10.4 Å². The molecule has 1 aliphatic rings. The van der Waals surface area contributed by atoms with E-state index in [1.54, 1.807) is 23.1 Å². The monoisotopic (exact) mass is 370 g/mol. The maximum absolute atomic E-state index is 11.8. The third-order valence-corrected chi connectivity index (χ3v) is 4.69. The highest BCUT2D eigenvalue weighted by Gasteiger charge is 2.24. The Morgan fingerprint density at radius 3 is 2.86 bits per heavy atom. The van der Waals surface area contributed by atoms with E-state index in [0.29, 0.717) is 12.1 Å². The number of amides is 1. The number of pyridine rings is 1. The Hall–Kier alpha value is -3.92. The zero-order valence-electron chi connectivity index (χ0n) is 15.3. The largest absolute Gasteiger partial charge is 0.370 e. The summed E-state index contributed by atoms with van der Waals surface area (Å²) >= 11 is 0. The van der Waals surface area contributed by atoms with Gasteiger partial charge in [0.2, 0.25) is 5.91 Å². The van der Waals surface area contributed by atoms with E-state index in [1.165, 1.54) is 0 Å². The number of primary amides is 1. The normalized spacial score (nSPS) is 15.1. The van der Waals surface area contributed by atoms with Gasteiger partial charge in [0.1, 0.15) is 17.8 Å². The number of hydrogen-bond acceptors (Lipinski definition) is 5. The van der Waals surface area contributed by atoms with E-state index in [2.05, 4.69) is 21.5 Å². The molecular formula is C21H18N6O. The zero-order chi connectivity index (χ0) is 19.7. The molecule has 1 aromatic carbocycles. The molecule has 1 unspecified atom stereocenters. The van der Waals surface area contributed by atoms with Crippen molar-refractivity contribution in [3.05, 3.63) is 82.9 Å². The number of carbonyl (C=O) groups excluding carboxylic acids is 1. The van der Waals surface area contributed by atoms with E-state index in [4.69, 9.17) is 11.0 Å². The number of nitrogens with two attached hydrogens (primary N) is 1. The molecule has 7 nitrogen and oxygen atoms in total. The summed E-state index contributed by atoms with van der Waals surface area (Å²) in [5, 5.41) is 16.5. The SMILES string of the molecule is Cn1cc(C2=CC(C(N)=O)Nc3cc(Cc4ccnc(C#N)c4)ccc32)cn1. The van der Waals surface area contributed by atoms with Crippen molar-refractivity contribution >= 4 is 17.2 Å². The van der Waals surface area contributed by atoms with Crippen molar-refractivity contribution in [3.63, 3.8) is 0 Å². The van der Waals surface area contributed by atoms with E-state index in [0.717, 1.165) is 33.5 Å². The first-order valence-corrected chi connectivity index (χ1v) is 8.78. The number of fused-ring (bicyclic) bond motifs is 1. The number of benzene rings is 1. The smallest absolute Gasteiger partial charge is 0.243 e. The summed E-state index contributed by atoms with van der Waals surface area (Å²) in [6, 6.07) is 11.2. The molecule has 0 saturated carbocycles. The highest BCUT2D eigenvalue weighted by molar-refractivity contribution is 5.96. The maximum Gasteiger partial charge on any atom is 0.243 e. The number of hydrogen-bond donors (Lipinski definition) is 2. The lowest BCUT2D eigenvalue weighted by atomic mass is 9.91. The lowest BCUT2D eigenvalue weighted by Gasteiger charge is -2.25. The molecule has 1 aliphatic heterocycles. The van der Waals surface area contributed by atoms with Crippen LogP contribution in [0.3, 0.4) is 0 Å². The van der Waals surface area contributed by atoms with Gasteiger partial charge >= 0.3 is 0 Å². The predicted molar refractivity (Wildman–Crippen MR) is 105 cm³/mol. The fourth-order valence-electron chi connectivity index (χ4n) is 3.37. The quantitative estimate of drug-likeness (QED) is 0.730. The molecule has 2 aromatic heterocycles. The van der Waals surface area contributed by atoms with Crippen LogP contribution in [-0.2, 0) is 18.3 Å².